The minimum Gasteiger partial charge on any atom is -0.371 e. The number of rotatable bonds is 6. The van der Waals surface area contributed by atoms with Gasteiger partial charge in [-0.05, 0) is 30.2 Å². The molecule has 94 valence electrons. The zero-order valence-electron chi connectivity index (χ0n) is 9.79. The summed E-state index contributed by atoms with van der Waals surface area (Å²) < 4.78 is 25.1. The molecule has 17 heavy (non-hydrogen) atoms. The van der Waals surface area contributed by atoms with Gasteiger partial charge in [0.05, 0.1) is 19.3 Å². The van der Waals surface area contributed by atoms with E-state index in [1.807, 2.05) is 0 Å². The Balaban J connectivity index is 2.08. The van der Waals surface area contributed by atoms with E-state index in [-0.39, 0.29) is 18.0 Å². The monoisotopic (exact) mass is 302 g/mol. The van der Waals surface area contributed by atoms with Gasteiger partial charge in [0.1, 0.15) is 11.9 Å². The van der Waals surface area contributed by atoms with Crippen LogP contribution in [0, 0.1) is 5.82 Å². The highest BCUT2D eigenvalue weighted by Crippen LogP contribution is 2.31. The maximum atomic E-state index is 13.3. The van der Waals surface area contributed by atoms with Crippen LogP contribution in [-0.2, 0) is 9.47 Å². The number of hydrogen-bond donors (Lipinski definition) is 0. The number of ether oxygens (including phenoxy) is 2. The van der Waals surface area contributed by atoms with Crippen LogP contribution in [0.3, 0.4) is 0 Å². The molecule has 1 fully saturated rings. The Bertz CT molecular complexity index is 380. The summed E-state index contributed by atoms with van der Waals surface area (Å²) in [5.74, 6) is -0.226. The summed E-state index contributed by atoms with van der Waals surface area (Å²) in [6.07, 6.45) is 2.06. The molecule has 2 atom stereocenters. The van der Waals surface area contributed by atoms with Gasteiger partial charge < -0.3 is 9.47 Å². The Morgan fingerprint density at radius 1 is 1.59 bits per heavy atom. The fourth-order valence-electron chi connectivity index (χ4n) is 1.74. The normalized spacial score (nSPS) is 20.3. The second-order valence-electron chi connectivity index (χ2n) is 4.23. The van der Waals surface area contributed by atoms with Crippen molar-refractivity contribution in [3.63, 3.8) is 0 Å². The molecule has 1 saturated heterocycles. The predicted octanol–water partition coefficient (Wildman–Crippen LogP) is 3.84. The van der Waals surface area contributed by atoms with Gasteiger partial charge in [0.2, 0.25) is 0 Å². The van der Waals surface area contributed by atoms with E-state index in [0.717, 1.165) is 29.5 Å². The third-order valence-corrected chi connectivity index (χ3v) is 3.46. The van der Waals surface area contributed by atoms with Crippen molar-refractivity contribution in [1.82, 2.24) is 0 Å². The molecular weight excluding hydrogens is 287 g/mol. The van der Waals surface area contributed by atoms with E-state index in [4.69, 9.17) is 9.47 Å². The van der Waals surface area contributed by atoms with Crippen LogP contribution in [0.15, 0.2) is 22.7 Å². The Labute approximate surface area is 109 Å². The number of benzene rings is 1. The van der Waals surface area contributed by atoms with E-state index in [0.29, 0.717) is 6.61 Å². The Kier molecular flexibility index (Phi) is 4.54. The molecule has 1 unspecified atom stereocenters. The van der Waals surface area contributed by atoms with Crippen molar-refractivity contribution in [1.29, 1.82) is 0 Å². The van der Waals surface area contributed by atoms with E-state index in [2.05, 4.69) is 22.9 Å². The fourth-order valence-corrected chi connectivity index (χ4v) is 2.24. The lowest BCUT2D eigenvalue weighted by atomic mass is 10.0. The molecule has 2 nitrogen and oxygen atoms in total. The quantitative estimate of drug-likeness (QED) is 0.745. The number of halogens is 2. The van der Waals surface area contributed by atoms with E-state index < -0.39 is 0 Å². The molecule has 0 amide bonds. The molecule has 0 bridgehead atoms. The van der Waals surface area contributed by atoms with Gasteiger partial charge in [-0.25, -0.2) is 4.39 Å². The molecule has 1 aromatic carbocycles. The summed E-state index contributed by atoms with van der Waals surface area (Å²) in [4.78, 5) is 0. The Morgan fingerprint density at radius 2 is 2.35 bits per heavy atom. The zero-order chi connectivity index (χ0) is 12.3. The van der Waals surface area contributed by atoms with Crippen LogP contribution >= 0.6 is 15.9 Å². The molecule has 2 rings (SSSR count). The van der Waals surface area contributed by atoms with Crippen molar-refractivity contribution in [2.75, 3.05) is 13.2 Å². The predicted molar refractivity (Wildman–Crippen MR) is 67.4 cm³/mol. The molecule has 0 spiro atoms. The summed E-state index contributed by atoms with van der Waals surface area (Å²) in [7, 11) is 0. The zero-order valence-corrected chi connectivity index (χ0v) is 11.4. The molecule has 0 aromatic heterocycles. The molecule has 1 aliphatic heterocycles. The van der Waals surface area contributed by atoms with Gasteiger partial charge in [-0.3, -0.25) is 0 Å². The Hall–Kier alpha value is -0.450. The molecule has 4 heteroatoms. The van der Waals surface area contributed by atoms with Crippen molar-refractivity contribution < 1.29 is 13.9 Å². The average Bonchev–Trinajstić information content (AvgIpc) is 3.12. The minimum atomic E-state index is -0.226. The van der Waals surface area contributed by atoms with E-state index >= 15 is 0 Å². The molecule has 0 saturated carbocycles. The fraction of sp³-hybridized carbons (Fsp3) is 0.538. The topological polar surface area (TPSA) is 21.8 Å². The van der Waals surface area contributed by atoms with Gasteiger partial charge in [-0.2, -0.15) is 0 Å². The lowest BCUT2D eigenvalue weighted by Gasteiger charge is -2.18. The third kappa shape index (κ3) is 3.76. The van der Waals surface area contributed by atoms with E-state index in [1.165, 1.54) is 12.1 Å². The number of epoxide rings is 1. The van der Waals surface area contributed by atoms with Crippen molar-refractivity contribution >= 4 is 15.9 Å². The lowest BCUT2D eigenvalue weighted by Crippen LogP contribution is -2.10. The van der Waals surface area contributed by atoms with Gasteiger partial charge >= 0.3 is 0 Å². The van der Waals surface area contributed by atoms with Gasteiger partial charge in [0.15, 0.2) is 0 Å². The van der Waals surface area contributed by atoms with Crippen molar-refractivity contribution in [3.05, 3.63) is 34.1 Å². The van der Waals surface area contributed by atoms with Crippen molar-refractivity contribution in [3.8, 4) is 0 Å². The Morgan fingerprint density at radius 3 is 3.00 bits per heavy atom. The molecule has 0 N–H and O–H groups in total. The van der Waals surface area contributed by atoms with Gasteiger partial charge in [0, 0.05) is 4.47 Å². The first-order valence-electron chi connectivity index (χ1n) is 5.89. The molecular formula is C13H16BrFO2. The molecule has 1 aliphatic rings. The second-order valence-corrected chi connectivity index (χ2v) is 5.09. The first-order chi connectivity index (χ1) is 8.20. The van der Waals surface area contributed by atoms with Gasteiger partial charge in [-0.1, -0.05) is 29.3 Å². The molecule has 0 radical (unpaired) electrons. The lowest BCUT2D eigenvalue weighted by molar-refractivity contribution is 0.0353. The summed E-state index contributed by atoms with van der Waals surface area (Å²) in [5, 5.41) is 0. The van der Waals surface area contributed by atoms with Crippen LogP contribution in [0.25, 0.3) is 0 Å². The average molecular weight is 303 g/mol. The van der Waals surface area contributed by atoms with E-state index in [9.17, 15) is 4.39 Å². The van der Waals surface area contributed by atoms with Crippen LogP contribution in [-0.4, -0.2) is 19.3 Å². The van der Waals surface area contributed by atoms with Crippen molar-refractivity contribution in [2.24, 2.45) is 0 Å². The molecule has 1 heterocycles. The van der Waals surface area contributed by atoms with Crippen LogP contribution in [0.1, 0.15) is 31.4 Å². The first kappa shape index (κ1) is 13.0. The van der Waals surface area contributed by atoms with E-state index in [1.54, 1.807) is 6.07 Å². The summed E-state index contributed by atoms with van der Waals surface area (Å²) >= 11 is 3.45. The third-order valence-electron chi connectivity index (χ3n) is 2.74. The van der Waals surface area contributed by atoms with Crippen LogP contribution in [0.2, 0.25) is 0 Å². The summed E-state index contributed by atoms with van der Waals surface area (Å²) in [6, 6.07) is 4.71. The standard InChI is InChI=1S/C13H16BrFO2/c1-2-3-13(17-8-10-7-16-10)11-6-9(15)4-5-12(11)14/h4-6,10,13H,2-3,7-8H2,1H3/t10?,13-/m1/s1. The minimum absolute atomic E-state index is 0.0609. The SMILES string of the molecule is CCC[C@@H](OCC1CO1)c1cc(F)ccc1Br. The largest absolute Gasteiger partial charge is 0.371 e. The molecule has 1 aromatic rings. The van der Waals surface area contributed by atoms with Crippen LogP contribution in [0.5, 0.6) is 0 Å². The summed E-state index contributed by atoms with van der Waals surface area (Å²) in [6.45, 7) is 3.47. The van der Waals surface area contributed by atoms with Gasteiger partial charge in [0.25, 0.3) is 0 Å². The first-order valence-corrected chi connectivity index (χ1v) is 6.68. The second kappa shape index (κ2) is 5.94. The number of hydrogen-bond acceptors (Lipinski definition) is 2. The highest BCUT2D eigenvalue weighted by molar-refractivity contribution is 9.10. The van der Waals surface area contributed by atoms with Crippen LogP contribution < -0.4 is 0 Å². The summed E-state index contributed by atoms with van der Waals surface area (Å²) in [5.41, 5.74) is 0.882. The van der Waals surface area contributed by atoms with Crippen LogP contribution in [0.4, 0.5) is 4.39 Å². The smallest absolute Gasteiger partial charge is 0.123 e. The maximum absolute atomic E-state index is 13.3. The highest BCUT2D eigenvalue weighted by atomic mass is 79.9. The maximum Gasteiger partial charge on any atom is 0.123 e. The van der Waals surface area contributed by atoms with Crippen molar-refractivity contribution in [2.45, 2.75) is 32.0 Å². The van der Waals surface area contributed by atoms with Gasteiger partial charge in [-0.15, -0.1) is 0 Å². The highest BCUT2D eigenvalue weighted by Gasteiger charge is 2.25. The molecule has 0 aliphatic carbocycles.